The molecule has 2 aliphatic heterocycles. The molecule has 2 aliphatic rings. The van der Waals surface area contributed by atoms with Gasteiger partial charge in [-0.3, -0.25) is 14.7 Å². The van der Waals surface area contributed by atoms with Gasteiger partial charge in [-0.25, -0.2) is 4.79 Å². The third-order valence-electron chi connectivity index (χ3n) is 5.58. The summed E-state index contributed by atoms with van der Waals surface area (Å²) in [6.45, 7) is 1.78. The second kappa shape index (κ2) is 6.64. The van der Waals surface area contributed by atoms with Gasteiger partial charge in [-0.2, -0.15) is 0 Å². The summed E-state index contributed by atoms with van der Waals surface area (Å²) in [5, 5.41) is 11.0. The molecule has 1 unspecified atom stereocenters. The summed E-state index contributed by atoms with van der Waals surface area (Å²) in [6, 6.07) is 16.2. The highest BCUT2D eigenvalue weighted by molar-refractivity contribution is 6.12. The normalized spacial score (nSPS) is 21.0. The van der Waals surface area contributed by atoms with Crippen molar-refractivity contribution in [2.45, 2.75) is 18.9 Å². The number of cyclic esters (lactones) is 1. The van der Waals surface area contributed by atoms with E-state index in [1.54, 1.807) is 61.8 Å². The van der Waals surface area contributed by atoms with Crippen molar-refractivity contribution in [2.24, 2.45) is 0 Å². The van der Waals surface area contributed by atoms with Gasteiger partial charge in [0.25, 0.3) is 5.91 Å². The van der Waals surface area contributed by atoms with Crippen molar-refractivity contribution in [3.8, 4) is 0 Å². The number of carbonyl (C=O) groups excluding carboxylic acids is 2. The Morgan fingerprint density at radius 1 is 1.07 bits per heavy atom. The molecule has 0 aliphatic carbocycles. The zero-order valence-electron chi connectivity index (χ0n) is 16.2. The van der Waals surface area contributed by atoms with Crippen LogP contribution in [-0.4, -0.2) is 22.0 Å². The molecule has 0 saturated carbocycles. The Morgan fingerprint density at radius 3 is 2.60 bits per heavy atom. The molecule has 1 amide bonds. The molecule has 0 bridgehead atoms. The Balaban J connectivity index is 1.57. The van der Waals surface area contributed by atoms with Crippen molar-refractivity contribution in [1.82, 2.24) is 4.98 Å². The van der Waals surface area contributed by atoms with E-state index in [1.165, 1.54) is 4.90 Å². The van der Waals surface area contributed by atoms with E-state index in [9.17, 15) is 14.7 Å². The molecule has 3 aromatic rings. The zero-order chi connectivity index (χ0) is 20.9. The smallest absolute Gasteiger partial charge is 0.344 e. The van der Waals surface area contributed by atoms with Gasteiger partial charge >= 0.3 is 5.97 Å². The lowest BCUT2D eigenvalue weighted by atomic mass is 9.93. The lowest BCUT2D eigenvalue weighted by Gasteiger charge is -2.21. The average molecular weight is 398 g/mol. The third-order valence-corrected chi connectivity index (χ3v) is 5.58. The summed E-state index contributed by atoms with van der Waals surface area (Å²) in [5.74, 6) is -0.360. The average Bonchev–Trinajstić information content (AvgIpc) is 3.21. The molecule has 30 heavy (non-hydrogen) atoms. The van der Waals surface area contributed by atoms with E-state index in [0.717, 1.165) is 5.56 Å². The van der Waals surface area contributed by atoms with Crippen LogP contribution in [0.3, 0.4) is 0 Å². The predicted molar refractivity (Wildman–Crippen MR) is 112 cm³/mol. The van der Waals surface area contributed by atoms with Crippen molar-refractivity contribution in [3.05, 3.63) is 89.2 Å². The monoisotopic (exact) mass is 398 g/mol. The number of ether oxygens (including phenoxy) is 1. The lowest BCUT2D eigenvalue weighted by Crippen LogP contribution is -2.37. The van der Waals surface area contributed by atoms with Gasteiger partial charge in [-0.1, -0.05) is 43.3 Å². The fourth-order valence-electron chi connectivity index (χ4n) is 4.02. The third kappa shape index (κ3) is 2.58. The SMILES string of the molecule is CCC1(O)C(=O)N(c2cncc(C=C3OC(=O)c4ccccc43)c2)c2ccccc21. The molecular formula is C24H18N2O4. The fraction of sp³-hybridized carbons (Fsp3) is 0.125. The van der Waals surface area contributed by atoms with Crippen molar-refractivity contribution in [1.29, 1.82) is 0 Å². The van der Waals surface area contributed by atoms with Crippen molar-refractivity contribution < 1.29 is 19.4 Å². The highest BCUT2D eigenvalue weighted by atomic mass is 16.5. The Morgan fingerprint density at radius 2 is 1.80 bits per heavy atom. The van der Waals surface area contributed by atoms with E-state index in [2.05, 4.69) is 4.98 Å². The van der Waals surface area contributed by atoms with E-state index in [-0.39, 0.29) is 6.42 Å². The number of pyridine rings is 1. The number of hydrogen-bond acceptors (Lipinski definition) is 5. The highest BCUT2D eigenvalue weighted by Crippen LogP contribution is 2.45. The van der Waals surface area contributed by atoms with Crippen LogP contribution in [-0.2, 0) is 15.1 Å². The molecule has 6 heteroatoms. The molecule has 0 fully saturated rings. The number of nitrogens with zero attached hydrogens (tertiary/aromatic N) is 2. The van der Waals surface area contributed by atoms with Gasteiger partial charge in [0.2, 0.25) is 0 Å². The van der Waals surface area contributed by atoms with Crippen LogP contribution in [0.15, 0.2) is 67.0 Å². The number of hydrogen-bond donors (Lipinski definition) is 1. The molecule has 0 spiro atoms. The number of fused-ring (bicyclic) bond motifs is 2. The van der Waals surface area contributed by atoms with Gasteiger partial charge < -0.3 is 9.84 Å². The zero-order valence-corrected chi connectivity index (χ0v) is 16.2. The van der Waals surface area contributed by atoms with Gasteiger partial charge in [0.15, 0.2) is 5.60 Å². The summed E-state index contributed by atoms with van der Waals surface area (Å²) in [5.41, 5.74) is 2.09. The van der Waals surface area contributed by atoms with Gasteiger partial charge in [-0.05, 0) is 36.3 Å². The predicted octanol–water partition coefficient (Wildman–Crippen LogP) is 4.03. The Hall–Kier alpha value is -3.77. The van der Waals surface area contributed by atoms with Crippen LogP contribution >= 0.6 is 0 Å². The number of para-hydroxylation sites is 1. The molecule has 5 rings (SSSR count). The molecular weight excluding hydrogens is 380 g/mol. The summed E-state index contributed by atoms with van der Waals surface area (Å²) in [6.07, 6.45) is 5.19. The topological polar surface area (TPSA) is 79.7 Å². The molecule has 0 saturated heterocycles. The van der Waals surface area contributed by atoms with Crippen molar-refractivity contribution >= 4 is 35.1 Å². The van der Waals surface area contributed by atoms with Crippen LogP contribution in [0.4, 0.5) is 11.4 Å². The van der Waals surface area contributed by atoms with E-state index >= 15 is 0 Å². The van der Waals surface area contributed by atoms with Crippen LogP contribution in [0.2, 0.25) is 0 Å². The Labute approximate surface area is 173 Å². The summed E-state index contributed by atoms with van der Waals surface area (Å²) >= 11 is 0. The standard InChI is InChI=1S/C24H18N2O4/c1-2-24(29)19-9-5-6-10-20(19)26(23(24)28)16-11-15(13-25-14-16)12-21-17-7-3-4-8-18(17)22(27)30-21/h3-14,29H,2H2,1H3. The minimum absolute atomic E-state index is 0.267. The number of aliphatic hydroxyl groups is 1. The molecule has 6 nitrogen and oxygen atoms in total. The summed E-state index contributed by atoms with van der Waals surface area (Å²) < 4.78 is 5.40. The first-order valence-corrected chi connectivity index (χ1v) is 9.67. The van der Waals surface area contributed by atoms with Crippen LogP contribution in [0.25, 0.3) is 11.8 Å². The highest BCUT2D eigenvalue weighted by Gasteiger charge is 2.48. The van der Waals surface area contributed by atoms with Gasteiger partial charge in [-0.15, -0.1) is 0 Å². The molecule has 2 aromatic carbocycles. The molecule has 148 valence electrons. The number of carbonyl (C=O) groups is 2. The van der Waals surface area contributed by atoms with Gasteiger partial charge in [0.05, 0.1) is 23.1 Å². The quantitative estimate of drug-likeness (QED) is 0.674. The maximum absolute atomic E-state index is 13.1. The first kappa shape index (κ1) is 18.3. The number of aromatic nitrogens is 1. The molecule has 1 atom stereocenters. The van der Waals surface area contributed by atoms with E-state index in [4.69, 9.17) is 4.74 Å². The van der Waals surface area contributed by atoms with Gasteiger partial charge in [0, 0.05) is 17.3 Å². The lowest BCUT2D eigenvalue weighted by molar-refractivity contribution is -0.135. The summed E-state index contributed by atoms with van der Waals surface area (Å²) in [7, 11) is 0. The van der Waals surface area contributed by atoms with E-state index in [0.29, 0.717) is 33.8 Å². The van der Waals surface area contributed by atoms with Gasteiger partial charge in [0.1, 0.15) is 5.76 Å². The number of amides is 1. The first-order valence-electron chi connectivity index (χ1n) is 9.67. The minimum Gasteiger partial charge on any atom is -0.422 e. The van der Waals surface area contributed by atoms with E-state index < -0.39 is 17.5 Å². The Bertz CT molecular complexity index is 1230. The van der Waals surface area contributed by atoms with Crippen molar-refractivity contribution in [2.75, 3.05) is 4.90 Å². The number of benzene rings is 2. The minimum atomic E-state index is -1.56. The molecule has 0 radical (unpaired) electrons. The Kier molecular flexibility index (Phi) is 4.04. The van der Waals surface area contributed by atoms with Crippen molar-refractivity contribution in [3.63, 3.8) is 0 Å². The first-order chi connectivity index (χ1) is 14.5. The molecule has 1 N–H and O–H groups in total. The second-order valence-electron chi connectivity index (χ2n) is 7.29. The van der Waals surface area contributed by atoms with Crippen LogP contribution < -0.4 is 4.90 Å². The molecule has 3 heterocycles. The van der Waals surface area contributed by atoms with Crippen LogP contribution in [0.5, 0.6) is 0 Å². The second-order valence-corrected chi connectivity index (χ2v) is 7.29. The summed E-state index contributed by atoms with van der Waals surface area (Å²) in [4.78, 5) is 31.0. The number of rotatable bonds is 3. The maximum atomic E-state index is 13.1. The number of anilines is 2. The van der Waals surface area contributed by atoms with Crippen LogP contribution in [0, 0.1) is 0 Å². The molecule has 1 aromatic heterocycles. The largest absolute Gasteiger partial charge is 0.422 e. The van der Waals surface area contributed by atoms with E-state index in [1.807, 2.05) is 18.2 Å². The fourth-order valence-corrected chi connectivity index (χ4v) is 4.02. The van der Waals surface area contributed by atoms with Crippen LogP contribution in [0.1, 0.15) is 40.4 Å². The maximum Gasteiger partial charge on any atom is 0.344 e. The number of esters is 1.